The van der Waals surface area contributed by atoms with Gasteiger partial charge in [-0.1, -0.05) is 108 Å². The van der Waals surface area contributed by atoms with Crippen LogP contribution >= 0.6 is 0 Å². The van der Waals surface area contributed by atoms with E-state index in [0.717, 1.165) is 11.1 Å². The number of rotatable bonds is 5. The quantitative estimate of drug-likeness (QED) is 0.255. The molecule has 0 aliphatic carbocycles. The number of aryl methyl sites for hydroxylation is 2. The van der Waals surface area contributed by atoms with Crippen molar-refractivity contribution in [1.82, 2.24) is 0 Å². The maximum Gasteiger partial charge on any atom is 0.185 e. The molecule has 0 aliphatic rings. The van der Waals surface area contributed by atoms with Gasteiger partial charge in [0.05, 0.1) is 0 Å². The van der Waals surface area contributed by atoms with Gasteiger partial charge in [-0.25, -0.2) is 0 Å². The first-order valence-electron chi connectivity index (χ1n) is 10.2. The van der Waals surface area contributed by atoms with E-state index in [0.29, 0.717) is 5.56 Å². The van der Waals surface area contributed by atoms with Gasteiger partial charge in [-0.2, -0.15) is 0 Å². The van der Waals surface area contributed by atoms with E-state index in [2.05, 4.69) is 80.6 Å². The average molecular weight is 389 g/mol. The summed E-state index contributed by atoms with van der Waals surface area (Å²) in [6, 6.07) is 32.9. The number of hydrogen-bond donors (Lipinski definition) is 0. The smallest absolute Gasteiger partial charge is 0.185 e. The molecule has 4 rings (SSSR count). The van der Waals surface area contributed by atoms with Crippen LogP contribution < -0.4 is 0 Å². The van der Waals surface area contributed by atoms with Crippen LogP contribution in [-0.2, 0) is 0 Å². The number of hydrogen-bond acceptors (Lipinski definition) is 1. The predicted molar refractivity (Wildman–Crippen MR) is 127 cm³/mol. The normalized spacial score (nSPS) is 11.0. The molecule has 0 radical (unpaired) electrons. The fourth-order valence-electron chi connectivity index (χ4n) is 3.57. The molecule has 0 heterocycles. The number of carbonyl (C=O) groups excluding carboxylic acids is 1. The van der Waals surface area contributed by atoms with Crippen LogP contribution in [0.25, 0.3) is 28.3 Å². The molecule has 1 heteroatoms. The van der Waals surface area contributed by atoms with Crippen LogP contribution in [0, 0.1) is 13.8 Å². The SMILES string of the molecule is Cc1ccc(-c2cc(C=CC(=O)c3ccccc3)ccc2-c2cccc(C)c2)cc1. The molecule has 0 fully saturated rings. The molecule has 4 aromatic rings. The van der Waals surface area contributed by atoms with Gasteiger partial charge in [-0.3, -0.25) is 4.79 Å². The van der Waals surface area contributed by atoms with Crippen molar-refractivity contribution in [3.63, 3.8) is 0 Å². The largest absolute Gasteiger partial charge is 0.289 e. The summed E-state index contributed by atoms with van der Waals surface area (Å²) in [6.45, 7) is 4.21. The Kier molecular flexibility index (Phi) is 5.72. The van der Waals surface area contributed by atoms with Gasteiger partial charge in [-0.15, -0.1) is 0 Å². The summed E-state index contributed by atoms with van der Waals surface area (Å²) in [5.74, 6) is 0.00949. The minimum atomic E-state index is 0.00949. The standard InChI is InChI=1S/C29H24O/c1-21-11-15-24(16-12-21)28-20-23(14-18-29(30)25-8-4-3-5-9-25)13-17-27(28)26-10-6-7-22(2)19-26/h3-20H,1-2H3. The van der Waals surface area contributed by atoms with Gasteiger partial charge in [0.25, 0.3) is 0 Å². The van der Waals surface area contributed by atoms with Gasteiger partial charge in [0.1, 0.15) is 0 Å². The van der Waals surface area contributed by atoms with Gasteiger partial charge in [0.2, 0.25) is 0 Å². The van der Waals surface area contributed by atoms with Crippen LogP contribution in [0.4, 0.5) is 0 Å². The Labute approximate surface area is 178 Å². The highest BCUT2D eigenvalue weighted by Crippen LogP contribution is 2.34. The highest BCUT2D eigenvalue weighted by Gasteiger charge is 2.09. The monoisotopic (exact) mass is 388 g/mol. The van der Waals surface area contributed by atoms with Gasteiger partial charge in [0, 0.05) is 5.56 Å². The fourth-order valence-corrected chi connectivity index (χ4v) is 3.57. The Balaban J connectivity index is 1.75. The molecule has 0 aromatic heterocycles. The Bertz CT molecular complexity index is 1200. The third-order valence-corrected chi connectivity index (χ3v) is 5.22. The maximum absolute atomic E-state index is 12.4. The maximum atomic E-state index is 12.4. The van der Waals surface area contributed by atoms with E-state index in [1.165, 1.54) is 27.8 Å². The zero-order valence-corrected chi connectivity index (χ0v) is 17.3. The van der Waals surface area contributed by atoms with E-state index in [9.17, 15) is 4.79 Å². The number of ketones is 1. The lowest BCUT2D eigenvalue weighted by atomic mass is 9.91. The summed E-state index contributed by atoms with van der Waals surface area (Å²) in [5.41, 5.74) is 8.89. The Morgan fingerprint density at radius 3 is 2.13 bits per heavy atom. The lowest BCUT2D eigenvalue weighted by Crippen LogP contribution is -1.93. The van der Waals surface area contributed by atoms with E-state index >= 15 is 0 Å². The van der Waals surface area contributed by atoms with Crippen molar-refractivity contribution < 1.29 is 4.79 Å². The summed E-state index contributed by atoms with van der Waals surface area (Å²) in [4.78, 5) is 12.4. The average Bonchev–Trinajstić information content (AvgIpc) is 2.78. The lowest BCUT2D eigenvalue weighted by Gasteiger charge is -2.13. The molecule has 0 amide bonds. The summed E-state index contributed by atoms with van der Waals surface area (Å²) < 4.78 is 0. The lowest BCUT2D eigenvalue weighted by molar-refractivity contribution is 0.104. The summed E-state index contributed by atoms with van der Waals surface area (Å²) in [7, 11) is 0. The Morgan fingerprint density at radius 2 is 1.40 bits per heavy atom. The highest BCUT2D eigenvalue weighted by atomic mass is 16.1. The van der Waals surface area contributed by atoms with Crippen molar-refractivity contribution in [2.45, 2.75) is 13.8 Å². The van der Waals surface area contributed by atoms with Crippen LogP contribution in [0.5, 0.6) is 0 Å². The van der Waals surface area contributed by atoms with E-state index < -0.39 is 0 Å². The Morgan fingerprint density at radius 1 is 0.633 bits per heavy atom. The van der Waals surface area contributed by atoms with Crippen LogP contribution in [0.1, 0.15) is 27.0 Å². The van der Waals surface area contributed by atoms with Crippen molar-refractivity contribution >= 4 is 11.9 Å². The molecule has 0 atom stereocenters. The molecule has 0 spiro atoms. The second-order valence-electron chi connectivity index (χ2n) is 7.60. The van der Waals surface area contributed by atoms with Crippen molar-refractivity contribution in [3.05, 3.63) is 125 Å². The molecule has 0 bridgehead atoms. The van der Waals surface area contributed by atoms with Gasteiger partial charge in [0.15, 0.2) is 5.78 Å². The molecule has 1 nitrogen and oxygen atoms in total. The van der Waals surface area contributed by atoms with Gasteiger partial charge >= 0.3 is 0 Å². The van der Waals surface area contributed by atoms with Crippen LogP contribution in [0.3, 0.4) is 0 Å². The van der Waals surface area contributed by atoms with Crippen molar-refractivity contribution in [1.29, 1.82) is 0 Å². The molecule has 30 heavy (non-hydrogen) atoms. The highest BCUT2D eigenvalue weighted by molar-refractivity contribution is 6.06. The van der Waals surface area contributed by atoms with Gasteiger partial charge in [-0.05, 0) is 53.8 Å². The van der Waals surface area contributed by atoms with Crippen LogP contribution in [0.2, 0.25) is 0 Å². The van der Waals surface area contributed by atoms with Crippen molar-refractivity contribution in [2.75, 3.05) is 0 Å². The number of benzene rings is 4. The molecular weight excluding hydrogens is 364 g/mol. The fraction of sp³-hybridized carbons (Fsp3) is 0.0690. The molecule has 4 aromatic carbocycles. The first kappa shape index (κ1) is 19.6. The van der Waals surface area contributed by atoms with Crippen LogP contribution in [0.15, 0.2) is 103 Å². The summed E-state index contributed by atoms with van der Waals surface area (Å²) in [6.07, 6.45) is 3.54. The zero-order valence-electron chi connectivity index (χ0n) is 17.3. The van der Waals surface area contributed by atoms with Crippen molar-refractivity contribution in [2.24, 2.45) is 0 Å². The van der Waals surface area contributed by atoms with E-state index in [-0.39, 0.29) is 5.78 Å². The minimum absolute atomic E-state index is 0.00949. The predicted octanol–water partition coefficient (Wildman–Crippen LogP) is 7.53. The first-order valence-corrected chi connectivity index (χ1v) is 10.2. The van der Waals surface area contributed by atoms with Crippen LogP contribution in [-0.4, -0.2) is 5.78 Å². The second-order valence-corrected chi connectivity index (χ2v) is 7.60. The molecule has 0 aliphatic heterocycles. The third-order valence-electron chi connectivity index (χ3n) is 5.22. The topological polar surface area (TPSA) is 17.1 Å². The zero-order chi connectivity index (χ0) is 20.9. The third kappa shape index (κ3) is 4.47. The summed E-state index contributed by atoms with van der Waals surface area (Å²) >= 11 is 0. The van der Waals surface area contributed by atoms with Gasteiger partial charge < -0.3 is 0 Å². The summed E-state index contributed by atoms with van der Waals surface area (Å²) in [5, 5.41) is 0. The number of carbonyl (C=O) groups is 1. The molecule has 0 saturated heterocycles. The van der Waals surface area contributed by atoms with E-state index in [4.69, 9.17) is 0 Å². The van der Waals surface area contributed by atoms with E-state index in [1.54, 1.807) is 6.08 Å². The second kappa shape index (κ2) is 8.75. The Hall–Kier alpha value is -3.71. The minimum Gasteiger partial charge on any atom is -0.289 e. The molecular formula is C29H24O. The van der Waals surface area contributed by atoms with E-state index in [1.807, 2.05) is 36.4 Å². The molecule has 0 saturated carbocycles. The molecule has 0 N–H and O–H groups in total. The molecule has 0 unspecified atom stereocenters. The molecule has 146 valence electrons. The number of allylic oxidation sites excluding steroid dienone is 1. The van der Waals surface area contributed by atoms with Crippen molar-refractivity contribution in [3.8, 4) is 22.3 Å². The first-order chi connectivity index (χ1) is 14.6.